The average molecular weight is 328 g/mol. The Hall–Kier alpha value is -2.58. The zero-order chi connectivity index (χ0) is 16.7. The fourth-order valence-electron chi connectivity index (χ4n) is 2.28. The van der Waals surface area contributed by atoms with E-state index in [1.807, 2.05) is 66.5 Å². The van der Waals surface area contributed by atoms with Gasteiger partial charge in [-0.15, -0.1) is 4.99 Å². The molecular weight excluding hydrogens is 310 g/mol. The molecule has 23 heavy (non-hydrogen) atoms. The van der Waals surface area contributed by atoms with Gasteiger partial charge in [0.25, 0.3) is 0 Å². The first-order valence-electron chi connectivity index (χ1n) is 7.13. The Labute approximate surface area is 141 Å². The van der Waals surface area contributed by atoms with Crippen LogP contribution in [0.5, 0.6) is 0 Å². The molecule has 0 aliphatic rings. The Morgan fingerprint density at radius 1 is 1.09 bits per heavy atom. The Morgan fingerprint density at radius 2 is 1.74 bits per heavy atom. The number of pyridine rings is 1. The topological polar surface area (TPSA) is 55.5 Å². The molecule has 0 unspecified atom stereocenters. The minimum absolute atomic E-state index is 0.462. The van der Waals surface area contributed by atoms with E-state index in [0.29, 0.717) is 24.2 Å². The molecule has 0 saturated heterocycles. The summed E-state index contributed by atoms with van der Waals surface area (Å²) in [7, 11) is 3.81. The van der Waals surface area contributed by atoms with E-state index in [-0.39, 0.29) is 0 Å². The molecule has 118 valence electrons. The van der Waals surface area contributed by atoms with Crippen molar-refractivity contribution in [2.24, 2.45) is 4.99 Å². The maximum Gasteiger partial charge on any atom is 0.212 e. The van der Waals surface area contributed by atoms with Crippen LogP contribution >= 0.6 is 11.6 Å². The van der Waals surface area contributed by atoms with Gasteiger partial charge in [0.2, 0.25) is 12.2 Å². The lowest BCUT2D eigenvalue weighted by Gasteiger charge is -2.28. The SMILES string of the molecule is CN(Cc1ccccc1)C(=NC#N)N(C)Cc1ccc(Cl)nc1. The highest BCUT2D eigenvalue weighted by atomic mass is 35.5. The summed E-state index contributed by atoms with van der Waals surface area (Å²) >= 11 is 5.80. The lowest BCUT2D eigenvalue weighted by Crippen LogP contribution is -2.39. The zero-order valence-corrected chi connectivity index (χ0v) is 13.9. The van der Waals surface area contributed by atoms with Gasteiger partial charge < -0.3 is 9.80 Å². The van der Waals surface area contributed by atoms with Crippen LogP contribution in [-0.2, 0) is 13.1 Å². The Bertz CT molecular complexity index is 691. The quantitative estimate of drug-likeness (QED) is 0.375. The van der Waals surface area contributed by atoms with Crippen LogP contribution in [-0.4, -0.2) is 34.8 Å². The first-order chi connectivity index (χ1) is 11.1. The normalized spacial score (nSPS) is 11.0. The van der Waals surface area contributed by atoms with Crippen molar-refractivity contribution in [1.82, 2.24) is 14.8 Å². The second kappa shape index (κ2) is 8.16. The number of halogens is 1. The number of hydrogen-bond donors (Lipinski definition) is 0. The summed E-state index contributed by atoms with van der Waals surface area (Å²) in [5.74, 6) is 0.603. The van der Waals surface area contributed by atoms with E-state index >= 15 is 0 Å². The van der Waals surface area contributed by atoms with Gasteiger partial charge in [-0.2, -0.15) is 5.26 Å². The highest BCUT2D eigenvalue weighted by Crippen LogP contribution is 2.10. The molecule has 2 aromatic rings. The summed E-state index contributed by atoms with van der Waals surface area (Å²) in [6.45, 7) is 1.26. The smallest absolute Gasteiger partial charge is 0.212 e. The first kappa shape index (κ1) is 16.8. The van der Waals surface area contributed by atoms with E-state index in [0.717, 1.165) is 11.1 Å². The lowest BCUT2D eigenvalue weighted by molar-refractivity contribution is 0.380. The largest absolute Gasteiger partial charge is 0.341 e. The van der Waals surface area contributed by atoms with Gasteiger partial charge >= 0.3 is 0 Å². The second-order valence-corrected chi connectivity index (χ2v) is 5.59. The standard InChI is InChI=1S/C17H18ClN5/c1-22(11-14-6-4-3-5-7-14)17(21-13-19)23(2)12-15-8-9-16(18)20-10-15/h3-10H,11-12H2,1-2H3. The van der Waals surface area contributed by atoms with E-state index in [1.165, 1.54) is 0 Å². The van der Waals surface area contributed by atoms with Gasteiger partial charge in [0, 0.05) is 33.4 Å². The molecule has 0 radical (unpaired) electrons. The number of nitriles is 1. The van der Waals surface area contributed by atoms with Crippen LogP contribution in [0, 0.1) is 11.5 Å². The van der Waals surface area contributed by atoms with Crippen molar-refractivity contribution in [1.29, 1.82) is 5.26 Å². The summed E-state index contributed by atoms with van der Waals surface area (Å²) in [6.07, 6.45) is 3.60. The maximum absolute atomic E-state index is 8.98. The monoisotopic (exact) mass is 327 g/mol. The van der Waals surface area contributed by atoms with Crippen molar-refractivity contribution in [3.05, 3.63) is 64.9 Å². The number of rotatable bonds is 4. The van der Waals surface area contributed by atoms with Gasteiger partial charge in [-0.25, -0.2) is 4.98 Å². The number of nitrogens with zero attached hydrogens (tertiary/aromatic N) is 5. The first-order valence-corrected chi connectivity index (χ1v) is 7.51. The Balaban J connectivity index is 2.09. The number of aliphatic imine (C=N–C) groups is 1. The molecule has 1 heterocycles. The molecule has 0 fully saturated rings. The summed E-state index contributed by atoms with van der Waals surface area (Å²) in [5, 5.41) is 9.44. The molecule has 0 aliphatic heterocycles. The molecular formula is C17H18ClN5. The Kier molecular flexibility index (Phi) is 5.95. The Morgan fingerprint density at radius 3 is 2.30 bits per heavy atom. The van der Waals surface area contributed by atoms with Crippen LogP contribution in [0.15, 0.2) is 53.7 Å². The van der Waals surface area contributed by atoms with Crippen LogP contribution in [0.2, 0.25) is 5.15 Å². The molecule has 0 saturated carbocycles. The minimum Gasteiger partial charge on any atom is -0.341 e. The van der Waals surface area contributed by atoms with Crippen LogP contribution in [0.25, 0.3) is 0 Å². The van der Waals surface area contributed by atoms with Crippen molar-refractivity contribution in [2.75, 3.05) is 14.1 Å². The second-order valence-electron chi connectivity index (χ2n) is 5.20. The number of hydrogen-bond acceptors (Lipinski definition) is 3. The lowest BCUT2D eigenvalue weighted by atomic mass is 10.2. The van der Waals surface area contributed by atoms with E-state index < -0.39 is 0 Å². The minimum atomic E-state index is 0.462. The molecule has 6 heteroatoms. The maximum atomic E-state index is 8.98. The third kappa shape index (κ3) is 4.97. The molecule has 0 atom stereocenters. The van der Waals surface area contributed by atoms with E-state index in [1.54, 1.807) is 12.3 Å². The summed E-state index contributed by atoms with van der Waals surface area (Å²) in [5.41, 5.74) is 2.15. The van der Waals surface area contributed by atoms with Crippen molar-refractivity contribution >= 4 is 17.6 Å². The number of guanidine groups is 1. The van der Waals surface area contributed by atoms with Crippen LogP contribution in [0.3, 0.4) is 0 Å². The molecule has 1 aromatic heterocycles. The predicted octanol–water partition coefficient (Wildman–Crippen LogP) is 3.14. The zero-order valence-electron chi connectivity index (χ0n) is 13.1. The third-order valence-electron chi connectivity index (χ3n) is 3.30. The molecule has 0 aliphatic carbocycles. The highest BCUT2D eigenvalue weighted by molar-refractivity contribution is 6.29. The molecule has 0 spiro atoms. The van der Waals surface area contributed by atoms with Gasteiger partial charge in [0.15, 0.2) is 0 Å². The molecule has 1 aromatic carbocycles. The third-order valence-corrected chi connectivity index (χ3v) is 3.53. The summed E-state index contributed by atoms with van der Waals surface area (Å²) < 4.78 is 0. The van der Waals surface area contributed by atoms with Gasteiger partial charge in [-0.05, 0) is 17.2 Å². The van der Waals surface area contributed by atoms with Crippen LogP contribution in [0.1, 0.15) is 11.1 Å². The van der Waals surface area contributed by atoms with Gasteiger partial charge in [0.05, 0.1) is 0 Å². The predicted molar refractivity (Wildman–Crippen MR) is 91.7 cm³/mol. The van der Waals surface area contributed by atoms with Gasteiger partial charge in [-0.3, -0.25) is 0 Å². The molecule has 5 nitrogen and oxygen atoms in total. The van der Waals surface area contributed by atoms with E-state index in [2.05, 4.69) is 9.98 Å². The number of aromatic nitrogens is 1. The molecule has 0 bridgehead atoms. The van der Waals surface area contributed by atoms with Crippen molar-refractivity contribution in [3.63, 3.8) is 0 Å². The van der Waals surface area contributed by atoms with Crippen LogP contribution in [0.4, 0.5) is 0 Å². The number of benzene rings is 1. The van der Waals surface area contributed by atoms with Crippen molar-refractivity contribution < 1.29 is 0 Å². The van der Waals surface area contributed by atoms with E-state index in [9.17, 15) is 0 Å². The van der Waals surface area contributed by atoms with E-state index in [4.69, 9.17) is 16.9 Å². The van der Waals surface area contributed by atoms with Crippen molar-refractivity contribution in [3.8, 4) is 6.19 Å². The fourth-order valence-corrected chi connectivity index (χ4v) is 2.39. The van der Waals surface area contributed by atoms with Gasteiger partial charge in [0.1, 0.15) is 5.15 Å². The van der Waals surface area contributed by atoms with Crippen molar-refractivity contribution in [2.45, 2.75) is 13.1 Å². The summed E-state index contributed by atoms with van der Waals surface area (Å²) in [4.78, 5) is 11.9. The van der Waals surface area contributed by atoms with Crippen LogP contribution < -0.4 is 0 Å². The highest BCUT2D eigenvalue weighted by Gasteiger charge is 2.13. The fraction of sp³-hybridized carbons (Fsp3) is 0.235. The van der Waals surface area contributed by atoms with Gasteiger partial charge in [-0.1, -0.05) is 48.0 Å². The molecule has 2 rings (SSSR count). The molecule has 0 N–H and O–H groups in total. The average Bonchev–Trinajstić information content (AvgIpc) is 2.55. The summed E-state index contributed by atoms with van der Waals surface area (Å²) in [6, 6.07) is 13.7. The molecule has 0 amide bonds.